The Morgan fingerprint density at radius 1 is 1.31 bits per heavy atom. The molecule has 0 amide bonds. The van der Waals surface area contributed by atoms with E-state index in [2.05, 4.69) is 0 Å². The normalized spacial score (nSPS) is 16.8. The van der Waals surface area contributed by atoms with Gasteiger partial charge in [0.2, 0.25) is 0 Å². The van der Waals surface area contributed by atoms with Crippen molar-refractivity contribution in [1.29, 1.82) is 0 Å². The molecule has 0 bridgehead atoms. The van der Waals surface area contributed by atoms with Crippen molar-refractivity contribution in [2.75, 3.05) is 0 Å². The summed E-state index contributed by atoms with van der Waals surface area (Å²) < 4.78 is 5.17. The lowest BCUT2D eigenvalue weighted by Crippen LogP contribution is -2.54. The molecular formula is C12H16ClNO2. The Morgan fingerprint density at radius 2 is 1.94 bits per heavy atom. The van der Waals surface area contributed by atoms with E-state index in [1.807, 2.05) is 30.3 Å². The Kier molecular flexibility index (Phi) is 4.33. The van der Waals surface area contributed by atoms with Gasteiger partial charge < -0.3 is 10.5 Å². The van der Waals surface area contributed by atoms with E-state index in [1.54, 1.807) is 0 Å². The molecule has 1 aromatic carbocycles. The van der Waals surface area contributed by atoms with Crippen LogP contribution in [0.5, 0.6) is 0 Å². The molecule has 0 radical (unpaired) electrons. The average Bonchev–Trinajstić information content (AvgIpc) is 2.24. The number of benzene rings is 1. The van der Waals surface area contributed by atoms with Crippen molar-refractivity contribution in [3.8, 4) is 0 Å². The summed E-state index contributed by atoms with van der Waals surface area (Å²) >= 11 is 0. The van der Waals surface area contributed by atoms with Crippen LogP contribution in [0.2, 0.25) is 0 Å². The molecule has 0 heterocycles. The van der Waals surface area contributed by atoms with Crippen LogP contribution in [0.4, 0.5) is 0 Å². The van der Waals surface area contributed by atoms with Crippen molar-refractivity contribution < 1.29 is 9.53 Å². The molecular weight excluding hydrogens is 226 g/mol. The SMILES string of the molecule is Cl.NC1(C(=O)OCc2ccccc2)CCC1. The number of carbonyl (C=O) groups is 1. The lowest BCUT2D eigenvalue weighted by atomic mass is 9.78. The summed E-state index contributed by atoms with van der Waals surface area (Å²) in [5, 5.41) is 0. The highest BCUT2D eigenvalue weighted by Crippen LogP contribution is 2.30. The maximum atomic E-state index is 11.6. The lowest BCUT2D eigenvalue weighted by Gasteiger charge is -2.35. The summed E-state index contributed by atoms with van der Waals surface area (Å²) in [6.45, 7) is 0.318. The number of ether oxygens (including phenoxy) is 1. The summed E-state index contributed by atoms with van der Waals surface area (Å²) in [7, 11) is 0. The maximum Gasteiger partial charge on any atom is 0.326 e. The number of esters is 1. The molecule has 1 fully saturated rings. The molecule has 0 aromatic heterocycles. The van der Waals surface area contributed by atoms with Crippen LogP contribution in [0.3, 0.4) is 0 Å². The standard InChI is InChI=1S/C12H15NO2.ClH/c13-12(7-4-8-12)11(14)15-9-10-5-2-1-3-6-10;/h1-3,5-6H,4,7-9,13H2;1H. The van der Waals surface area contributed by atoms with Gasteiger partial charge in [-0.15, -0.1) is 12.4 Å². The first-order chi connectivity index (χ1) is 7.21. The van der Waals surface area contributed by atoms with E-state index in [9.17, 15) is 4.79 Å². The molecule has 4 heteroatoms. The first-order valence-corrected chi connectivity index (χ1v) is 5.21. The highest BCUT2D eigenvalue weighted by molar-refractivity contribution is 5.85. The molecule has 0 unspecified atom stereocenters. The molecule has 0 saturated heterocycles. The van der Waals surface area contributed by atoms with Crippen molar-refractivity contribution in [2.45, 2.75) is 31.4 Å². The van der Waals surface area contributed by atoms with Gasteiger partial charge in [0.1, 0.15) is 12.1 Å². The second-order valence-corrected chi connectivity index (χ2v) is 4.07. The predicted molar refractivity (Wildman–Crippen MR) is 64.3 cm³/mol. The van der Waals surface area contributed by atoms with Gasteiger partial charge >= 0.3 is 5.97 Å². The minimum atomic E-state index is -0.700. The van der Waals surface area contributed by atoms with Gasteiger partial charge in [-0.3, -0.25) is 4.79 Å². The molecule has 3 nitrogen and oxygen atoms in total. The molecule has 0 spiro atoms. The second-order valence-electron chi connectivity index (χ2n) is 4.07. The fourth-order valence-corrected chi connectivity index (χ4v) is 1.63. The second kappa shape index (κ2) is 5.32. The van der Waals surface area contributed by atoms with E-state index < -0.39 is 5.54 Å². The third-order valence-corrected chi connectivity index (χ3v) is 2.87. The number of hydrogen-bond donors (Lipinski definition) is 1. The molecule has 0 aliphatic heterocycles. The van der Waals surface area contributed by atoms with Crippen LogP contribution in [-0.2, 0) is 16.1 Å². The molecule has 16 heavy (non-hydrogen) atoms. The van der Waals surface area contributed by atoms with E-state index in [0.717, 1.165) is 24.8 Å². The largest absolute Gasteiger partial charge is 0.459 e. The Balaban J connectivity index is 0.00000128. The van der Waals surface area contributed by atoms with Crippen molar-refractivity contribution >= 4 is 18.4 Å². The zero-order valence-corrected chi connectivity index (χ0v) is 9.83. The minimum absolute atomic E-state index is 0. The lowest BCUT2D eigenvalue weighted by molar-refractivity contribution is -0.155. The van der Waals surface area contributed by atoms with Crippen molar-refractivity contribution in [3.05, 3.63) is 35.9 Å². The van der Waals surface area contributed by atoms with E-state index in [4.69, 9.17) is 10.5 Å². The summed E-state index contributed by atoms with van der Waals surface area (Å²) in [6.07, 6.45) is 2.53. The topological polar surface area (TPSA) is 52.3 Å². The third kappa shape index (κ3) is 2.74. The van der Waals surface area contributed by atoms with Gasteiger partial charge in [0.25, 0.3) is 0 Å². The first-order valence-electron chi connectivity index (χ1n) is 5.21. The van der Waals surface area contributed by atoms with E-state index >= 15 is 0 Å². The van der Waals surface area contributed by atoms with E-state index in [1.165, 1.54) is 0 Å². The molecule has 1 aliphatic carbocycles. The fraction of sp³-hybridized carbons (Fsp3) is 0.417. The number of nitrogens with two attached hydrogens (primary N) is 1. The first kappa shape index (κ1) is 13.0. The van der Waals surface area contributed by atoms with Crippen molar-refractivity contribution in [3.63, 3.8) is 0 Å². The van der Waals surface area contributed by atoms with Crippen LogP contribution < -0.4 is 5.73 Å². The van der Waals surface area contributed by atoms with Gasteiger partial charge in [0.05, 0.1) is 0 Å². The Hall–Kier alpha value is -1.06. The predicted octanol–water partition coefficient (Wildman–Crippen LogP) is 2.03. The van der Waals surface area contributed by atoms with Crippen molar-refractivity contribution in [2.24, 2.45) is 5.73 Å². The molecule has 1 aliphatic rings. The number of rotatable bonds is 3. The number of carbonyl (C=O) groups excluding carboxylic acids is 1. The van der Waals surface area contributed by atoms with Gasteiger partial charge in [-0.05, 0) is 24.8 Å². The zero-order chi connectivity index (χ0) is 10.7. The van der Waals surface area contributed by atoms with Crippen LogP contribution in [-0.4, -0.2) is 11.5 Å². The Labute approximate surface area is 101 Å². The molecule has 0 atom stereocenters. The fourth-order valence-electron chi connectivity index (χ4n) is 1.63. The maximum absolute atomic E-state index is 11.6. The minimum Gasteiger partial charge on any atom is -0.459 e. The summed E-state index contributed by atoms with van der Waals surface area (Å²) in [5.41, 5.74) is 6.13. The monoisotopic (exact) mass is 241 g/mol. The quantitative estimate of drug-likeness (QED) is 0.824. The molecule has 2 rings (SSSR count). The van der Waals surface area contributed by atoms with Gasteiger partial charge in [0, 0.05) is 0 Å². The smallest absolute Gasteiger partial charge is 0.326 e. The van der Waals surface area contributed by atoms with Crippen LogP contribution in [0, 0.1) is 0 Å². The summed E-state index contributed by atoms with van der Waals surface area (Å²) in [5.74, 6) is -0.266. The van der Waals surface area contributed by atoms with Crippen LogP contribution in [0.1, 0.15) is 24.8 Å². The van der Waals surface area contributed by atoms with Crippen LogP contribution in [0.15, 0.2) is 30.3 Å². The van der Waals surface area contributed by atoms with E-state index in [0.29, 0.717) is 6.61 Å². The molecule has 1 saturated carbocycles. The zero-order valence-electron chi connectivity index (χ0n) is 9.02. The van der Waals surface area contributed by atoms with Gasteiger partial charge in [0.15, 0.2) is 0 Å². The van der Waals surface area contributed by atoms with Crippen molar-refractivity contribution in [1.82, 2.24) is 0 Å². The Bertz CT molecular complexity index is 349. The highest BCUT2D eigenvalue weighted by atomic mass is 35.5. The van der Waals surface area contributed by atoms with Crippen LogP contribution >= 0.6 is 12.4 Å². The number of halogens is 1. The van der Waals surface area contributed by atoms with E-state index in [-0.39, 0.29) is 18.4 Å². The van der Waals surface area contributed by atoms with Crippen LogP contribution in [0.25, 0.3) is 0 Å². The molecule has 1 aromatic rings. The average molecular weight is 242 g/mol. The summed E-state index contributed by atoms with van der Waals surface area (Å²) in [6, 6.07) is 9.63. The van der Waals surface area contributed by atoms with Gasteiger partial charge in [-0.25, -0.2) is 0 Å². The van der Waals surface area contributed by atoms with Gasteiger partial charge in [-0.2, -0.15) is 0 Å². The Morgan fingerprint density at radius 3 is 2.44 bits per heavy atom. The number of hydrogen-bond acceptors (Lipinski definition) is 3. The molecule has 88 valence electrons. The van der Waals surface area contributed by atoms with Gasteiger partial charge in [-0.1, -0.05) is 30.3 Å². The summed E-state index contributed by atoms with van der Waals surface area (Å²) in [4.78, 5) is 11.6. The third-order valence-electron chi connectivity index (χ3n) is 2.87. The highest BCUT2D eigenvalue weighted by Gasteiger charge is 2.41. The molecule has 2 N–H and O–H groups in total.